The first kappa shape index (κ1) is 28.5. The van der Waals surface area contributed by atoms with Crippen LogP contribution in [0.4, 0.5) is 0 Å². The van der Waals surface area contributed by atoms with Crippen molar-refractivity contribution in [3.63, 3.8) is 0 Å². The molecule has 8 nitrogen and oxygen atoms in total. The standard InChI is InChI=1S/C30H33Cl2N5O3S/c1-18(2)24-25(28(39)36-12-4-5-22(36)27(38)35-13-15-40-16-14-35)41-29-34-30(3,20-8-11-23(32)33-17-20)26(37(24)29)19-6-9-21(31)10-7-19/h6-11,17-18,22,26H,4-5,12-16H2,1-3H3/t22-,26-,30+/m0/s1. The molecule has 0 saturated carbocycles. The van der Waals surface area contributed by atoms with Gasteiger partial charge >= 0.3 is 0 Å². The van der Waals surface area contributed by atoms with Gasteiger partial charge in [-0.25, -0.2) is 9.98 Å². The number of fused-ring (bicyclic) bond motifs is 1. The van der Waals surface area contributed by atoms with Gasteiger partial charge in [0, 0.05) is 42.1 Å². The molecule has 4 aliphatic rings. The molecular weight excluding hydrogens is 581 g/mol. The van der Waals surface area contributed by atoms with E-state index in [9.17, 15) is 9.59 Å². The molecule has 2 aromatic rings. The first-order valence-corrected chi connectivity index (χ1v) is 15.6. The Labute approximate surface area is 254 Å². The van der Waals surface area contributed by atoms with E-state index in [2.05, 4.69) is 30.7 Å². The summed E-state index contributed by atoms with van der Waals surface area (Å²) in [7, 11) is 0. The maximum atomic E-state index is 14.3. The van der Waals surface area contributed by atoms with Crippen LogP contribution in [0, 0.1) is 5.92 Å². The minimum atomic E-state index is -0.690. The molecule has 5 heterocycles. The van der Waals surface area contributed by atoms with E-state index < -0.39 is 11.6 Å². The zero-order valence-electron chi connectivity index (χ0n) is 23.3. The number of halogens is 2. The molecule has 3 atom stereocenters. The summed E-state index contributed by atoms with van der Waals surface area (Å²) in [5.74, 6) is -0.0381. The van der Waals surface area contributed by atoms with E-state index in [0.717, 1.165) is 28.4 Å². The number of carbonyl (C=O) groups is 2. The summed E-state index contributed by atoms with van der Waals surface area (Å²) in [4.78, 5) is 43.8. The van der Waals surface area contributed by atoms with E-state index in [1.54, 1.807) is 17.2 Å². The molecular formula is C30H33Cl2N5O3S. The Morgan fingerprint density at radius 1 is 1.07 bits per heavy atom. The zero-order valence-corrected chi connectivity index (χ0v) is 25.7. The summed E-state index contributed by atoms with van der Waals surface area (Å²) in [5.41, 5.74) is 2.19. The monoisotopic (exact) mass is 613 g/mol. The van der Waals surface area contributed by atoms with Crippen molar-refractivity contribution in [2.45, 2.75) is 51.2 Å². The summed E-state index contributed by atoms with van der Waals surface area (Å²) in [6.45, 7) is 9.07. The van der Waals surface area contributed by atoms with Crippen LogP contribution in [0.3, 0.4) is 0 Å². The smallest absolute Gasteiger partial charge is 0.263 e. The average Bonchev–Trinajstić information content (AvgIpc) is 3.66. The van der Waals surface area contributed by atoms with Gasteiger partial charge in [-0.2, -0.15) is 0 Å². The van der Waals surface area contributed by atoms with Crippen molar-refractivity contribution in [3.8, 4) is 0 Å². The van der Waals surface area contributed by atoms with Gasteiger partial charge in [-0.15, -0.1) is 0 Å². The van der Waals surface area contributed by atoms with Crippen molar-refractivity contribution in [3.05, 3.63) is 74.5 Å². The van der Waals surface area contributed by atoms with Crippen molar-refractivity contribution in [1.82, 2.24) is 19.7 Å². The number of benzene rings is 1. The molecule has 0 bridgehead atoms. The van der Waals surface area contributed by atoms with Crippen molar-refractivity contribution in [2.75, 3.05) is 32.8 Å². The molecule has 0 N–H and O–H groups in total. The number of morpholine rings is 1. The lowest BCUT2D eigenvalue weighted by Gasteiger charge is -2.37. The molecule has 41 heavy (non-hydrogen) atoms. The molecule has 0 aliphatic carbocycles. The molecule has 2 saturated heterocycles. The van der Waals surface area contributed by atoms with Crippen LogP contribution in [-0.2, 0) is 19.9 Å². The normalized spacial score (nSPS) is 26.2. The summed E-state index contributed by atoms with van der Waals surface area (Å²) >= 11 is 13.8. The molecule has 0 unspecified atom stereocenters. The number of hydrogen-bond acceptors (Lipinski definition) is 7. The predicted octanol–water partition coefficient (Wildman–Crippen LogP) is 5.48. The van der Waals surface area contributed by atoms with Crippen molar-refractivity contribution >= 4 is 51.9 Å². The van der Waals surface area contributed by atoms with Gasteiger partial charge < -0.3 is 19.4 Å². The largest absolute Gasteiger partial charge is 0.378 e. The van der Waals surface area contributed by atoms with Crippen LogP contribution in [0.15, 0.2) is 58.2 Å². The topological polar surface area (TPSA) is 78.3 Å². The molecule has 2 amide bonds. The van der Waals surface area contributed by atoms with Gasteiger partial charge in [-0.05, 0) is 61.2 Å². The highest BCUT2D eigenvalue weighted by molar-refractivity contribution is 8.18. The van der Waals surface area contributed by atoms with Crippen LogP contribution < -0.4 is 0 Å². The fourth-order valence-electron chi connectivity index (χ4n) is 6.34. The second-order valence-corrected chi connectivity index (χ2v) is 13.1. The number of allylic oxidation sites excluding steroid dienone is 1. The van der Waals surface area contributed by atoms with E-state index in [0.29, 0.717) is 54.3 Å². The zero-order chi connectivity index (χ0) is 28.9. The molecule has 2 fully saturated rings. The highest BCUT2D eigenvalue weighted by atomic mass is 35.5. The van der Waals surface area contributed by atoms with Gasteiger partial charge in [0.15, 0.2) is 5.17 Å². The summed E-state index contributed by atoms with van der Waals surface area (Å²) < 4.78 is 5.44. The minimum Gasteiger partial charge on any atom is -0.378 e. The van der Waals surface area contributed by atoms with Gasteiger partial charge in [0.2, 0.25) is 5.91 Å². The first-order valence-electron chi connectivity index (χ1n) is 14.0. The summed E-state index contributed by atoms with van der Waals surface area (Å²) in [6.07, 6.45) is 3.26. The number of hydrogen-bond donors (Lipinski definition) is 0. The fraction of sp³-hybridized carbons (Fsp3) is 0.467. The predicted molar refractivity (Wildman–Crippen MR) is 162 cm³/mol. The number of thioether (sulfide) groups is 1. The maximum absolute atomic E-state index is 14.3. The van der Waals surface area contributed by atoms with Gasteiger partial charge in [-0.3, -0.25) is 9.59 Å². The third-order valence-electron chi connectivity index (χ3n) is 8.37. The quantitative estimate of drug-likeness (QED) is 0.416. The Bertz CT molecular complexity index is 1410. The van der Waals surface area contributed by atoms with Crippen LogP contribution >= 0.6 is 35.0 Å². The summed E-state index contributed by atoms with van der Waals surface area (Å²) in [5, 5.41) is 1.84. The molecule has 4 aliphatic heterocycles. The summed E-state index contributed by atoms with van der Waals surface area (Å²) in [6, 6.07) is 10.9. The Balaban J connectivity index is 1.39. The van der Waals surface area contributed by atoms with E-state index in [4.69, 9.17) is 32.9 Å². The Hall–Kier alpha value is -2.59. The number of carbonyl (C=O) groups excluding carboxylic acids is 2. The Morgan fingerprint density at radius 3 is 2.46 bits per heavy atom. The first-order chi connectivity index (χ1) is 19.7. The van der Waals surface area contributed by atoms with E-state index in [1.807, 2.05) is 35.2 Å². The Kier molecular flexibility index (Phi) is 7.82. The molecule has 1 aromatic heterocycles. The van der Waals surface area contributed by atoms with Crippen molar-refractivity contribution < 1.29 is 14.3 Å². The second kappa shape index (κ2) is 11.2. The number of amidine groups is 1. The highest BCUT2D eigenvalue weighted by Crippen LogP contribution is 2.56. The molecule has 11 heteroatoms. The molecule has 0 radical (unpaired) electrons. The number of rotatable bonds is 5. The molecule has 0 spiro atoms. The number of pyridine rings is 1. The Morgan fingerprint density at radius 2 is 1.80 bits per heavy atom. The number of aromatic nitrogens is 1. The van der Waals surface area contributed by atoms with Crippen molar-refractivity contribution in [1.29, 1.82) is 0 Å². The number of nitrogens with zero attached hydrogens (tertiary/aromatic N) is 5. The van der Waals surface area contributed by atoms with Crippen molar-refractivity contribution in [2.24, 2.45) is 10.9 Å². The third kappa shape index (κ3) is 5.05. The molecule has 6 rings (SSSR count). The van der Waals surface area contributed by atoms with Crippen LogP contribution in [0.2, 0.25) is 10.2 Å². The number of ether oxygens (including phenoxy) is 1. The number of aliphatic imine (C=N–C) groups is 1. The van der Waals surface area contributed by atoms with Gasteiger partial charge in [-0.1, -0.05) is 55.2 Å². The van der Waals surface area contributed by atoms with Gasteiger partial charge in [0.25, 0.3) is 5.91 Å². The van der Waals surface area contributed by atoms with Crippen LogP contribution in [0.25, 0.3) is 0 Å². The molecule has 216 valence electrons. The lowest BCUT2D eigenvalue weighted by molar-refractivity contribution is -0.144. The van der Waals surface area contributed by atoms with Crippen LogP contribution in [0.5, 0.6) is 0 Å². The highest BCUT2D eigenvalue weighted by Gasteiger charge is 2.54. The van der Waals surface area contributed by atoms with Gasteiger partial charge in [0.1, 0.15) is 21.6 Å². The number of likely N-dealkylation sites (tertiary alicyclic amines) is 1. The van der Waals surface area contributed by atoms with Gasteiger partial charge in [0.05, 0.1) is 19.3 Å². The van der Waals surface area contributed by atoms with E-state index >= 15 is 0 Å². The lowest BCUT2D eigenvalue weighted by atomic mass is 9.81. The lowest BCUT2D eigenvalue weighted by Crippen LogP contribution is -2.51. The SMILES string of the molecule is CC(C)C1=C(C(=O)N2CCC[C@H]2C(=O)N2CCOCC2)SC2=N[C@](C)(c3ccc(Cl)nc3)[C@H](c3ccc(Cl)cc3)N21. The maximum Gasteiger partial charge on any atom is 0.263 e. The van der Waals surface area contributed by atoms with Crippen LogP contribution in [0.1, 0.15) is 50.8 Å². The fourth-order valence-corrected chi connectivity index (χ4v) is 7.94. The minimum absolute atomic E-state index is 0.0218. The average molecular weight is 615 g/mol. The molecule has 1 aromatic carbocycles. The van der Waals surface area contributed by atoms with Crippen LogP contribution in [-0.4, -0.2) is 75.6 Å². The second-order valence-electron chi connectivity index (χ2n) is 11.3. The third-order valence-corrected chi connectivity index (χ3v) is 9.90. The number of amides is 2. The van der Waals surface area contributed by atoms with E-state index in [1.165, 1.54) is 11.8 Å². The van der Waals surface area contributed by atoms with E-state index in [-0.39, 0.29) is 23.8 Å².